The number of carboxylic acid groups (broad SMARTS) is 1. The molecule has 0 amide bonds. The molecule has 1 aromatic heterocycles. The van der Waals surface area contributed by atoms with Gasteiger partial charge in [0.1, 0.15) is 0 Å². The maximum atomic E-state index is 12.3. The van der Waals surface area contributed by atoms with Crippen LogP contribution in [0.2, 0.25) is 5.02 Å². The van der Waals surface area contributed by atoms with Crippen molar-refractivity contribution in [1.29, 1.82) is 0 Å². The number of carbonyl (C=O) groups is 2. The lowest BCUT2D eigenvalue weighted by molar-refractivity contribution is -0.138. The maximum Gasteiger partial charge on any atom is 0.338 e. The molecule has 1 unspecified atom stereocenters. The Morgan fingerprint density at radius 1 is 0.940 bits per heavy atom. The topological polar surface area (TPSA) is 103 Å². The Kier molecular flexibility index (Phi) is 12.9. The summed E-state index contributed by atoms with van der Waals surface area (Å²) in [4.78, 5) is 28.5. The number of hydrogen-bond donors (Lipinski definition) is 2. The molecule has 1 aliphatic rings. The number of thioether (sulfide) groups is 1. The summed E-state index contributed by atoms with van der Waals surface area (Å²) < 4.78 is 5.00. The van der Waals surface area contributed by atoms with Gasteiger partial charge in [-0.05, 0) is 90.6 Å². The van der Waals surface area contributed by atoms with Gasteiger partial charge in [0.15, 0.2) is 0 Å². The summed E-state index contributed by atoms with van der Waals surface area (Å²) >= 11 is 7.98. The van der Waals surface area contributed by atoms with E-state index in [9.17, 15) is 14.7 Å². The smallest absolute Gasteiger partial charge is 0.338 e. The molecule has 5 aromatic rings. The predicted octanol–water partition coefficient (Wildman–Crippen LogP) is 10.2. The molecular weight excluding hydrogens is 664 g/mol. The van der Waals surface area contributed by atoms with E-state index in [4.69, 9.17) is 27.1 Å². The van der Waals surface area contributed by atoms with Crippen molar-refractivity contribution < 1.29 is 19.4 Å². The van der Waals surface area contributed by atoms with Crippen molar-refractivity contribution in [2.75, 3.05) is 12.9 Å². The second-order valence-corrected chi connectivity index (χ2v) is 14.5. The minimum atomic E-state index is -0.733. The third kappa shape index (κ3) is 10.5. The second-order valence-electron chi connectivity index (χ2n) is 12.8. The van der Waals surface area contributed by atoms with Crippen LogP contribution in [0.3, 0.4) is 0 Å². The molecule has 4 aromatic carbocycles. The highest BCUT2D eigenvalue weighted by atomic mass is 35.5. The summed E-state index contributed by atoms with van der Waals surface area (Å²) in [5.41, 5.74) is 12.2. The van der Waals surface area contributed by atoms with E-state index in [1.165, 1.54) is 18.2 Å². The Balaban J connectivity index is 0.000000470. The standard InChI is InChI=1S/C34H32ClNO4S.C8H11N/c1-40-33(39)29-8-3-2-6-24(29)12-16-31(41-22-34(17-18-34)21-32(37)38)26-7-4-5-23(19-26)9-14-28-15-11-25-10-13-27(35)20-30(25)36-28;1-7(9)8-5-3-2-4-6-8/h2-11,13-15,19-20,31H,12,16-18,21-22H2,1H3,(H,37,38);2-7H,9H2,1H3/b14-9+;/t31-;/m1./s1. The zero-order chi connectivity index (χ0) is 35.5. The fourth-order valence-corrected chi connectivity index (χ4v) is 7.56. The summed E-state index contributed by atoms with van der Waals surface area (Å²) in [7, 11) is 1.40. The Hall–Kier alpha value is -4.43. The molecular formula is C42H43ClN2O4S. The Morgan fingerprint density at radius 2 is 1.66 bits per heavy atom. The summed E-state index contributed by atoms with van der Waals surface area (Å²) in [5.74, 6) is -0.269. The first-order chi connectivity index (χ1) is 24.1. The maximum absolute atomic E-state index is 12.3. The molecule has 8 heteroatoms. The minimum absolute atomic E-state index is 0.110. The number of methoxy groups -OCH3 is 1. The number of carbonyl (C=O) groups excluding carboxylic acids is 1. The first-order valence-electron chi connectivity index (χ1n) is 16.8. The van der Waals surface area contributed by atoms with Crippen LogP contribution in [0.5, 0.6) is 0 Å². The number of pyridine rings is 1. The van der Waals surface area contributed by atoms with Crippen molar-refractivity contribution in [1.82, 2.24) is 4.98 Å². The van der Waals surface area contributed by atoms with E-state index >= 15 is 0 Å². The van der Waals surface area contributed by atoms with Crippen molar-refractivity contribution in [3.63, 3.8) is 0 Å². The summed E-state index contributed by atoms with van der Waals surface area (Å²) in [6.45, 7) is 1.98. The predicted molar refractivity (Wildman–Crippen MR) is 206 cm³/mol. The van der Waals surface area contributed by atoms with Gasteiger partial charge in [-0.15, -0.1) is 0 Å². The number of carboxylic acids is 1. The average molecular weight is 707 g/mol. The lowest BCUT2D eigenvalue weighted by Gasteiger charge is -2.21. The van der Waals surface area contributed by atoms with Crippen molar-refractivity contribution in [3.05, 3.63) is 148 Å². The van der Waals surface area contributed by atoms with Gasteiger partial charge in [-0.3, -0.25) is 4.79 Å². The van der Waals surface area contributed by atoms with Gasteiger partial charge in [0, 0.05) is 27.5 Å². The van der Waals surface area contributed by atoms with E-state index in [-0.39, 0.29) is 29.1 Å². The van der Waals surface area contributed by atoms with Crippen molar-refractivity contribution in [2.45, 2.75) is 50.3 Å². The number of benzene rings is 4. The number of aryl methyl sites for hydroxylation is 1. The number of hydrogen-bond acceptors (Lipinski definition) is 6. The molecule has 1 aliphatic carbocycles. The zero-order valence-electron chi connectivity index (χ0n) is 28.4. The normalized spacial score (nSPS) is 14.4. The quantitative estimate of drug-likeness (QED) is 0.117. The average Bonchev–Trinajstić information content (AvgIpc) is 3.89. The van der Waals surface area contributed by atoms with Gasteiger partial charge in [-0.1, -0.05) is 103 Å². The summed E-state index contributed by atoms with van der Waals surface area (Å²) in [6.07, 6.45) is 7.70. The minimum Gasteiger partial charge on any atom is -0.481 e. The van der Waals surface area contributed by atoms with Crippen LogP contribution < -0.4 is 5.73 Å². The first kappa shape index (κ1) is 36.8. The molecule has 2 atom stereocenters. The van der Waals surface area contributed by atoms with Crippen molar-refractivity contribution >= 4 is 58.4 Å². The lowest BCUT2D eigenvalue weighted by atomic mass is 9.98. The van der Waals surface area contributed by atoms with E-state index in [1.54, 1.807) is 6.07 Å². The van der Waals surface area contributed by atoms with Gasteiger partial charge >= 0.3 is 11.9 Å². The number of aromatic nitrogens is 1. The van der Waals surface area contributed by atoms with Crippen LogP contribution in [0, 0.1) is 5.41 Å². The fourth-order valence-electron chi connectivity index (χ4n) is 5.83. The number of fused-ring (bicyclic) bond motifs is 1. The van der Waals surface area contributed by atoms with Gasteiger partial charge in [-0.2, -0.15) is 11.8 Å². The highest BCUT2D eigenvalue weighted by Gasteiger charge is 2.44. The molecule has 0 spiro atoms. The van der Waals surface area contributed by atoms with Crippen LogP contribution in [0.4, 0.5) is 0 Å². The zero-order valence-corrected chi connectivity index (χ0v) is 30.0. The highest BCUT2D eigenvalue weighted by molar-refractivity contribution is 7.99. The third-order valence-corrected chi connectivity index (χ3v) is 10.8. The lowest BCUT2D eigenvalue weighted by Crippen LogP contribution is -2.13. The van der Waals surface area contributed by atoms with E-state index in [0.29, 0.717) is 17.0 Å². The van der Waals surface area contributed by atoms with Crippen LogP contribution in [0.1, 0.15) is 82.2 Å². The molecule has 1 saturated carbocycles. The van der Waals surface area contributed by atoms with Crippen molar-refractivity contribution in [2.24, 2.45) is 11.1 Å². The fraction of sp³-hybridized carbons (Fsp3) is 0.262. The van der Waals surface area contributed by atoms with E-state index < -0.39 is 5.97 Å². The van der Waals surface area contributed by atoms with Crippen LogP contribution in [-0.4, -0.2) is 34.9 Å². The van der Waals surface area contributed by atoms with Gasteiger partial charge in [0.25, 0.3) is 0 Å². The number of nitrogens with zero attached hydrogens (tertiary/aromatic N) is 1. The Morgan fingerprint density at radius 3 is 2.36 bits per heavy atom. The highest BCUT2D eigenvalue weighted by Crippen LogP contribution is 2.53. The van der Waals surface area contributed by atoms with Crippen LogP contribution in [0.25, 0.3) is 23.1 Å². The molecule has 1 heterocycles. The summed E-state index contributed by atoms with van der Waals surface area (Å²) in [6, 6.07) is 36.0. The Labute approximate surface area is 303 Å². The number of nitrogens with two attached hydrogens (primary N) is 1. The molecule has 1 fully saturated rings. The number of ether oxygens (including phenoxy) is 1. The number of aliphatic carboxylic acids is 1. The van der Waals surface area contributed by atoms with E-state index in [1.807, 2.05) is 104 Å². The number of esters is 1. The molecule has 0 radical (unpaired) electrons. The molecule has 6 rings (SSSR count). The van der Waals surface area contributed by atoms with Crippen molar-refractivity contribution in [3.8, 4) is 0 Å². The van der Waals surface area contributed by atoms with Gasteiger partial charge < -0.3 is 15.6 Å². The van der Waals surface area contributed by atoms with Crippen LogP contribution in [0.15, 0.2) is 109 Å². The van der Waals surface area contributed by atoms with Gasteiger partial charge in [0.2, 0.25) is 0 Å². The molecule has 6 nitrogen and oxygen atoms in total. The van der Waals surface area contributed by atoms with Crippen LogP contribution in [-0.2, 0) is 16.0 Å². The third-order valence-electron chi connectivity index (χ3n) is 8.90. The largest absolute Gasteiger partial charge is 0.481 e. The SMILES string of the molecule is CC(N)c1ccccc1.COC(=O)c1ccccc1CC[C@@H](SCC1(CC(=O)O)CC1)c1cccc(/C=C/c2ccc3ccc(Cl)cc3n2)c1. The molecule has 258 valence electrons. The van der Waals surface area contributed by atoms with E-state index in [2.05, 4.69) is 30.3 Å². The number of halogens is 1. The van der Waals surface area contributed by atoms with Crippen LogP contribution >= 0.6 is 23.4 Å². The number of rotatable bonds is 13. The molecule has 50 heavy (non-hydrogen) atoms. The monoisotopic (exact) mass is 706 g/mol. The molecule has 0 aliphatic heterocycles. The molecule has 0 saturated heterocycles. The van der Waals surface area contributed by atoms with E-state index in [0.717, 1.165) is 52.7 Å². The van der Waals surface area contributed by atoms with Gasteiger partial charge in [0.05, 0.1) is 30.3 Å². The second kappa shape index (κ2) is 17.5. The first-order valence-corrected chi connectivity index (χ1v) is 18.2. The molecule has 3 N–H and O–H groups in total. The van der Waals surface area contributed by atoms with Gasteiger partial charge in [-0.25, -0.2) is 9.78 Å². The Bertz CT molecular complexity index is 1940. The summed E-state index contributed by atoms with van der Waals surface area (Å²) in [5, 5.41) is 11.3. The molecule has 0 bridgehead atoms.